The Hall–Kier alpha value is -4.24. The van der Waals surface area contributed by atoms with Crippen LogP contribution in [0.3, 0.4) is 0 Å². The van der Waals surface area contributed by atoms with Crippen LogP contribution < -0.4 is 14.7 Å². The molecule has 0 aliphatic carbocycles. The summed E-state index contributed by atoms with van der Waals surface area (Å²) < 4.78 is 5.36. The van der Waals surface area contributed by atoms with Gasteiger partial charge in [-0.25, -0.2) is 9.96 Å². The molecule has 5 rings (SSSR count). The second-order valence-electron chi connectivity index (χ2n) is 7.72. The van der Waals surface area contributed by atoms with E-state index in [0.717, 1.165) is 10.5 Å². The van der Waals surface area contributed by atoms with Crippen LogP contribution in [-0.4, -0.2) is 30.0 Å². The minimum Gasteiger partial charge on any atom is -0.497 e. The summed E-state index contributed by atoms with van der Waals surface area (Å²) in [6.45, 7) is 0. The molecule has 0 saturated carbocycles. The van der Waals surface area contributed by atoms with Crippen molar-refractivity contribution in [3.63, 3.8) is 0 Å². The highest BCUT2D eigenvalue weighted by molar-refractivity contribution is 6.24. The lowest BCUT2D eigenvalue weighted by Crippen LogP contribution is -2.37. The number of carbonyl (C=O) groups is 2. The number of nitrogens with zero attached hydrogens (tertiary/aromatic N) is 3. The number of hydroxylamine groups is 1. The number of fused-ring (bicyclic) bond motifs is 1. The number of amides is 2. The largest absolute Gasteiger partial charge is 0.497 e. The summed E-state index contributed by atoms with van der Waals surface area (Å²) in [5, 5.41) is 12.6. The molecular weight excluding hydrogens is 426 g/mol. The zero-order valence-electron chi connectivity index (χ0n) is 17.5. The number of ether oxygens (including phenoxy) is 1. The molecule has 2 fully saturated rings. The number of benzene rings is 3. The number of carbonyl (C=O) groups excluding carboxylic acids is 2. The average molecular weight is 445 g/mol. The lowest BCUT2D eigenvalue weighted by atomic mass is 9.90. The molecule has 166 valence electrons. The van der Waals surface area contributed by atoms with Gasteiger partial charge in [-0.2, -0.15) is 0 Å². The molecule has 2 aliphatic heterocycles. The third-order valence-corrected chi connectivity index (χ3v) is 5.88. The van der Waals surface area contributed by atoms with Crippen molar-refractivity contribution < 1.29 is 24.1 Å². The number of imide groups is 1. The van der Waals surface area contributed by atoms with Crippen LogP contribution in [0.5, 0.6) is 5.75 Å². The number of non-ortho nitro benzene ring substituents is 1. The molecule has 0 bridgehead atoms. The van der Waals surface area contributed by atoms with Gasteiger partial charge in [0, 0.05) is 12.1 Å². The van der Waals surface area contributed by atoms with Crippen molar-refractivity contribution in [1.82, 2.24) is 0 Å². The zero-order chi connectivity index (χ0) is 23.1. The first-order valence-electron chi connectivity index (χ1n) is 10.3. The summed E-state index contributed by atoms with van der Waals surface area (Å²) in [6.07, 6.45) is -1.02. The standard InChI is InChI=1S/C24H19N3O6/c1-32-19-9-5-6-15(14-19)21-20-22(33-26(21)17-7-3-2-4-8-17)24(29)25(23(20)28)16-10-12-18(13-11-16)27(30)31/h2-14,20-22H,1H3. The van der Waals surface area contributed by atoms with E-state index in [1.165, 1.54) is 24.3 Å². The number of hydrogen-bond donors (Lipinski definition) is 0. The number of rotatable bonds is 5. The first kappa shape index (κ1) is 20.7. The van der Waals surface area contributed by atoms with E-state index in [2.05, 4.69) is 0 Å². The molecule has 3 unspecified atom stereocenters. The second kappa shape index (κ2) is 8.03. The van der Waals surface area contributed by atoms with E-state index in [0.29, 0.717) is 11.4 Å². The number of hydrogen-bond acceptors (Lipinski definition) is 7. The molecular formula is C24H19N3O6. The fraction of sp³-hybridized carbons (Fsp3) is 0.167. The number of nitro groups is 1. The van der Waals surface area contributed by atoms with Crippen LogP contribution in [0.2, 0.25) is 0 Å². The Labute approximate surface area is 188 Å². The summed E-state index contributed by atoms with van der Waals surface area (Å²) in [7, 11) is 1.56. The van der Waals surface area contributed by atoms with Crippen molar-refractivity contribution >= 4 is 28.9 Å². The van der Waals surface area contributed by atoms with Crippen LogP contribution in [0.25, 0.3) is 0 Å². The Balaban J connectivity index is 1.56. The molecule has 9 nitrogen and oxygen atoms in total. The highest BCUT2D eigenvalue weighted by atomic mass is 16.7. The Kier molecular flexibility index (Phi) is 5.02. The van der Waals surface area contributed by atoms with Gasteiger partial charge in [0.15, 0.2) is 6.10 Å². The molecule has 33 heavy (non-hydrogen) atoms. The minimum absolute atomic E-state index is 0.126. The Morgan fingerprint density at radius 2 is 1.64 bits per heavy atom. The summed E-state index contributed by atoms with van der Waals surface area (Å²) in [4.78, 5) is 44.4. The first-order chi connectivity index (χ1) is 16.0. The van der Waals surface area contributed by atoms with Crippen LogP contribution in [0.15, 0.2) is 78.9 Å². The van der Waals surface area contributed by atoms with Gasteiger partial charge in [-0.05, 0) is 42.0 Å². The normalized spacial score (nSPS) is 21.9. The monoisotopic (exact) mass is 445 g/mol. The quantitative estimate of drug-likeness (QED) is 0.336. The Bertz CT molecular complexity index is 1230. The van der Waals surface area contributed by atoms with Crippen molar-refractivity contribution in [2.24, 2.45) is 5.92 Å². The molecule has 2 amide bonds. The third kappa shape index (κ3) is 3.39. The highest BCUT2D eigenvalue weighted by Crippen LogP contribution is 2.48. The van der Waals surface area contributed by atoms with Gasteiger partial charge in [-0.15, -0.1) is 0 Å². The van der Waals surface area contributed by atoms with E-state index in [9.17, 15) is 19.7 Å². The molecule has 3 aromatic rings. The van der Waals surface area contributed by atoms with Gasteiger partial charge in [-0.3, -0.25) is 24.5 Å². The van der Waals surface area contributed by atoms with Crippen LogP contribution in [0.1, 0.15) is 11.6 Å². The summed E-state index contributed by atoms with van der Waals surface area (Å²) in [6, 6.07) is 21.3. The number of anilines is 2. The van der Waals surface area contributed by atoms with Gasteiger partial charge < -0.3 is 4.74 Å². The molecule has 0 radical (unpaired) electrons. The van der Waals surface area contributed by atoms with Crippen molar-refractivity contribution in [3.05, 3.63) is 94.5 Å². The molecule has 9 heteroatoms. The van der Waals surface area contributed by atoms with Gasteiger partial charge in [-0.1, -0.05) is 30.3 Å². The fourth-order valence-corrected chi connectivity index (χ4v) is 4.36. The van der Waals surface area contributed by atoms with Gasteiger partial charge in [0.05, 0.1) is 29.4 Å². The molecule has 2 aliphatic rings. The highest BCUT2D eigenvalue weighted by Gasteiger charge is 2.60. The molecule has 3 aromatic carbocycles. The van der Waals surface area contributed by atoms with Crippen molar-refractivity contribution in [1.29, 1.82) is 0 Å². The minimum atomic E-state index is -1.02. The molecule has 0 N–H and O–H groups in total. The Morgan fingerprint density at radius 1 is 0.909 bits per heavy atom. The predicted molar refractivity (Wildman–Crippen MR) is 119 cm³/mol. The third-order valence-electron chi connectivity index (χ3n) is 5.88. The lowest BCUT2D eigenvalue weighted by Gasteiger charge is -2.29. The van der Waals surface area contributed by atoms with Gasteiger partial charge in [0.1, 0.15) is 11.7 Å². The van der Waals surface area contributed by atoms with E-state index in [1.807, 2.05) is 48.5 Å². The van der Waals surface area contributed by atoms with Crippen LogP contribution in [0.4, 0.5) is 17.1 Å². The number of para-hydroxylation sites is 1. The first-order valence-corrected chi connectivity index (χ1v) is 10.3. The van der Waals surface area contributed by atoms with E-state index in [4.69, 9.17) is 9.57 Å². The van der Waals surface area contributed by atoms with Crippen molar-refractivity contribution in [3.8, 4) is 5.75 Å². The topological polar surface area (TPSA) is 102 Å². The van der Waals surface area contributed by atoms with Crippen LogP contribution in [-0.2, 0) is 14.4 Å². The van der Waals surface area contributed by atoms with E-state index in [1.54, 1.807) is 18.2 Å². The SMILES string of the molecule is COc1cccc(C2C3C(=O)N(c4ccc([N+](=O)[O-])cc4)C(=O)C3ON2c2ccccc2)c1. The van der Waals surface area contributed by atoms with Gasteiger partial charge in [0.25, 0.3) is 11.6 Å². The van der Waals surface area contributed by atoms with Crippen LogP contribution >= 0.6 is 0 Å². The van der Waals surface area contributed by atoms with E-state index >= 15 is 0 Å². The van der Waals surface area contributed by atoms with E-state index < -0.39 is 34.8 Å². The second-order valence-corrected chi connectivity index (χ2v) is 7.72. The number of nitro benzene ring substituents is 1. The predicted octanol–water partition coefficient (Wildman–Crippen LogP) is 3.65. The maximum absolute atomic E-state index is 13.6. The lowest BCUT2D eigenvalue weighted by molar-refractivity contribution is -0.384. The summed E-state index contributed by atoms with van der Waals surface area (Å²) in [5.41, 5.74) is 1.61. The summed E-state index contributed by atoms with van der Waals surface area (Å²) in [5.74, 6) is -1.12. The van der Waals surface area contributed by atoms with Crippen molar-refractivity contribution in [2.75, 3.05) is 17.1 Å². The molecule has 2 saturated heterocycles. The molecule has 3 atom stereocenters. The van der Waals surface area contributed by atoms with Crippen LogP contribution in [0, 0.1) is 16.0 Å². The fourth-order valence-electron chi connectivity index (χ4n) is 4.36. The van der Waals surface area contributed by atoms with Crippen molar-refractivity contribution in [2.45, 2.75) is 12.1 Å². The summed E-state index contributed by atoms with van der Waals surface area (Å²) >= 11 is 0. The molecule has 2 heterocycles. The smallest absolute Gasteiger partial charge is 0.269 e. The average Bonchev–Trinajstić information content (AvgIpc) is 3.35. The maximum atomic E-state index is 13.6. The molecule has 0 spiro atoms. The number of methoxy groups -OCH3 is 1. The molecule has 0 aromatic heterocycles. The van der Waals surface area contributed by atoms with E-state index in [-0.39, 0.29) is 11.4 Å². The zero-order valence-corrected chi connectivity index (χ0v) is 17.5. The maximum Gasteiger partial charge on any atom is 0.269 e. The van der Waals surface area contributed by atoms with Gasteiger partial charge >= 0.3 is 0 Å². The van der Waals surface area contributed by atoms with Gasteiger partial charge in [0.2, 0.25) is 5.91 Å². The Morgan fingerprint density at radius 3 is 2.30 bits per heavy atom.